The quantitative estimate of drug-likeness (QED) is 0.769. The van der Waals surface area contributed by atoms with Crippen LogP contribution in [0.3, 0.4) is 0 Å². The summed E-state index contributed by atoms with van der Waals surface area (Å²) in [7, 11) is 0. The van der Waals surface area contributed by atoms with Gasteiger partial charge in [0.15, 0.2) is 0 Å². The second-order valence-electron chi connectivity index (χ2n) is 6.39. The lowest BCUT2D eigenvalue weighted by molar-refractivity contribution is 0.0603. The van der Waals surface area contributed by atoms with Gasteiger partial charge in [-0.15, -0.1) is 0 Å². The van der Waals surface area contributed by atoms with Gasteiger partial charge in [0.2, 0.25) is 5.78 Å². The molecule has 0 unspecified atom stereocenters. The molecule has 1 fully saturated rings. The number of imidazole rings is 1. The molecule has 8 nitrogen and oxygen atoms in total. The predicted molar refractivity (Wildman–Crippen MR) is 89.4 cm³/mol. The summed E-state index contributed by atoms with van der Waals surface area (Å²) >= 11 is 0. The molecule has 0 aromatic carbocycles. The fraction of sp³-hybridized carbons (Fsp3) is 0.412. The van der Waals surface area contributed by atoms with E-state index in [-0.39, 0.29) is 17.5 Å². The third-order valence-electron chi connectivity index (χ3n) is 4.78. The topological polar surface area (TPSA) is 96.5 Å². The summed E-state index contributed by atoms with van der Waals surface area (Å²) < 4.78 is 6.60. The average Bonchev–Trinajstić information content (AvgIpc) is 3.21. The van der Waals surface area contributed by atoms with Crippen molar-refractivity contribution in [1.82, 2.24) is 24.4 Å². The fourth-order valence-electron chi connectivity index (χ4n) is 3.55. The second-order valence-corrected chi connectivity index (χ2v) is 6.39. The Morgan fingerprint density at radius 3 is 2.96 bits per heavy atom. The van der Waals surface area contributed by atoms with Crippen LogP contribution in [0.25, 0.3) is 5.78 Å². The fourth-order valence-corrected chi connectivity index (χ4v) is 3.55. The molecular weight excluding hydrogens is 322 g/mol. The Kier molecular flexibility index (Phi) is 3.67. The number of nitrogens with one attached hydrogen (secondary N) is 1. The number of aryl methyl sites for hydroxylation is 2. The molecule has 0 aliphatic carbocycles. The number of likely N-dealkylation sites (tertiary alicyclic amines) is 1. The van der Waals surface area contributed by atoms with Gasteiger partial charge in [0.05, 0.1) is 11.7 Å². The number of aromatic amines is 1. The smallest absolute Gasteiger partial charge is 0.259 e. The molecule has 0 saturated carbocycles. The molecular formula is C17H19N5O3. The second kappa shape index (κ2) is 5.87. The number of fused-ring (bicyclic) bond motifs is 1. The van der Waals surface area contributed by atoms with Gasteiger partial charge in [0, 0.05) is 30.7 Å². The van der Waals surface area contributed by atoms with Crippen molar-refractivity contribution in [3.63, 3.8) is 0 Å². The molecule has 1 atom stereocenters. The van der Waals surface area contributed by atoms with Gasteiger partial charge < -0.3 is 14.4 Å². The minimum absolute atomic E-state index is 0.106. The Bertz CT molecular complexity index is 980. The van der Waals surface area contributed by atoms with Gasteiger partial charge in [-0.25, -0.2) is 4.98 Å². The first-order chi connectivity index (χ1) is 12.1. The SMILES string of the molecule is Cc1noc(C)c1C(=O)N1CCCC[C@@H]1c1cc(=O)n2ccnc2[nH]1. The van der Waals surface area contributed by atoms with Gasteiger partial charge >= 0.3 is 0 Å². The van der Waals surface area contributed by atoms with Crippen LogP contribution in [0.5, 0.6) is 0 Å². The molecule has 1 saturated heterocycles. The zero-order valence-electron chi connectivity index (χ0n) is 14.2. The number of piperidine rings is 1. The van der Waals surface area contributed by atoms with E-state index >= 15 is 0 Å². The van der Waals surface area contributed by atoms with Crippen LogP contribution in [0, 0.1) is 13.8 Å². The number of carbonyl (C=O) groups excluding carboxylic acids is 1. The number of carbonyl (C=O) groups is 1. The van der Waals surface area contributed by atoms with Crippen molar-refractivity contribution in [2.45, 2.75) is 39.2 Å². The van der Waals surface area contributed by atoms with Crippen molar-refractivity contribution in [3.8, 4) is 0 Å². The van der Waals surface area contributed by atoms with Crippen LogP contribution in [-0.2, 0) is 0 Å². The van der Waals surface area contributed by atoms with E-state index in [9.17, 15) is 9.59 Å². The number of amides is 1. The molecule has 1 aliphatic heterocycles. The predicted octanol–water partition coefficient (Wildman–Crippen LogP) is 1.99. The van der Waals surface area contributed by atoms with Crippen molar-refractivity contribution in [3.05, 3.63) is 51.5 Å². The lowest BCUT2D eigenvalue weighted by Crippen LogP contribution is -2.39. The molecule has 4 rings (SSSR count). The van der Waals surface area contributed by atoms with Gasteiger partial charge in [-0.2, -0.15) is 0 Å². The molecule has 1 amide bonds. The maximum atomic E-state index is 13.1. The third-order valence-corrected chi connectivity index (χ3v) is 4.78. The van der Waals surface area contributed by atoms with E-state index in [1.54, 1.807) is 37.2 Å². The molecule has 1 aliphatic rings. The summed E-state index contributed by atoms with van der Waals surface area (Å²) in [6.45, 7) is 4.14. The third kappa shape index (κ3) is 2.54. The molecule has 0 spiro atoms. The first-order valence-electron chi connectivity index (χ1n) is 8.36. The standard InChI is InChI=1S/C17H19N5O3/c1-10-15(11(2)25-20-10)16(24)21-7-4-3-5-13(21)12-9-14(23)22-8-6-18-17(22)19-12/h6,8-9,13H,3-5,7H2,1-2H3,(H,18,19)/t13-/m1/s1. The van der Waals surface area contributed by atoms with E-state index in [0.29, 0.717) is 35.0 Å². The maximum Gasteiger partial charge on any atom is 0.259 e. The molecule has 3 aromatic heterocycles. The minimum atomic E-state index is -0.190. The van der Waals surface area contributed by atoms with E-state index < -0.39 is 0 Å². The summed E-state index contributed by atoms with van der Waals surface area (Å²) in [5.74, 6) is 0.895. The Balaban J connectivity index is 1.76. The largest absolute Gasteiger partial charge is 0.361 e. The molecule has 0 radical (unpaired) electrons. The van der Waals surface area contributed by atoms with E-state index in [0.717, 1.165) is 19.3 Å². The first-order valence-corrected chi connectivity index (χ1v) is 8.36. The van der Waals surface area contributed by atoms with Crippen molar-refractivity contribution in [2.75, 3.05) is 6.54 Å². The van der Waals surface area contributed by atoms with Crippen LogP contribution in [0.4, 0.5) is 0 Å². The number of aromatic nitrogens is 4. The van der Waals surface area contributed by atoms with E-state index in [4.69, 9.17) is 4.52 Å². The summed E-state index contributed by atoms with van der Waals surface area (Å²) in [4.78, 5) is 34.6. The first kappa shape index (κ1) is 15.6. The summed E-state index contributed by atoms with van der Waals surface area (Å²) in [5.41, 5.74) is 1.65. The summed E-state index contributed by atoms with van der Waals surface area (Å²) in [6.07, 6.45) is 5.91. The van der Waals surface area contributed by atoms with Gasteiger partial charge in [-0.3, -0.25) is 14.0 Å². The van der Waals surface area contributed by atoms with Gasteiger partial charge in [0.25, 0.3) is 11.5 Å². The molecule has 8 heteroatoms. The molecule has 25 heavy (non-hydrogen) atoms. The van der Waals surface area contributed by atoms with E-state index in [1.165, 1.54) is 4.40 Å². The van der Waals surface area contributed by atoms with Crippen molar-refractivity contribution < 1.29 is 9.32 Å². The average molecular weight is 341 g/mol. The Morgan fingerprint density at radius 2 is 2.20 bits per heavy atom. The number of hydrogen-bond acceptors (Lipinski definition) is 5. The highest BCUT2D eigenvalue weighted by Crippen LogP contribution is 2.31. The highest BCUT2D eigenvalue weighted by atomic mass is 16.5. The molecule has 3 aromatic rings. The zero-order chi connectivity index (χ0) is 17.6. The molecule has 0 bridgehead atoms. The van der Waals surface area contributed by atoms with Crippen LogP contribution in [0.2, 0.25) is 0 Å². The van der Waals surface area contributed by atoms with Gasteiger partial charge in [0.1, 0.15) is 11.3 Å². The Hall–Kier alpha value is -2.90. The van der Waals surface area contributed by atoms with Crippen LogP contribution in [0.1, 0.15) is 52.8 Å². The van der Waals surface area contributed by atoms with Crippen molar-refractivity contribution in [2.24, 2.45) is 0 Å². The zero-order valence-corrected chi connectivity index (χ0v) is 14.2. The van der Waals surface area contributed by atoms with Crippen molar-refractivity contribution in [1.29, 1.82) is 0 Å². The van der Waals surface area contributed by atoms with Crippen molar-refractivity contribution >= 4 is 11.7 Å². The lowest BCUT2D eigenvalue weighted by atomic mass is 9.97. The highest BCUT2D eigenvalue weighted by Gasteiger charge is 2.32. The monoisotopic (exact) mass is 341 g/mol. The maximum absolute atomic E-state index is 13.1. The van der Waals surface area contributed by atoms with Gasteiger partial charge in [-0.1, -0.05) is 5.16 Å². The highest BCUT2D eigenvalue weighted by molar-refractivity contribution is 5.96. The Labute approximate surface area is 143 Å². The molecule has 130 valence electrons. The number of nitrogens with zero attached hydrogens (tertiary/aromatic N) is 4. The van der Waals surface area contributed by atoms with E-state index in [1.807, 2.05) is 0 Å². The van der Waals surface area contributed by atoms with Crippen LogP contribution >= 0.6 is 0 Å². The number of rotatable bonds is 2. The number of H-pyrrole nitrogens is 1. The molecule has 4 heterocycles. The minimum Gasteiger partial charge on any atom is -0.361 e. The van der Waals surface area contributed by atoms with Gasteiger partial charge in [-0.05, 0) is 33.1 Å². The summed E-state index contributed by atoms with van der Waals surface area (Å²) in [6, 6.07) is 1.36. The van der Waals surface area contributed by atoms with Crippen LogP contribution in [-0.4, -0.2) is 36.9 Å². The number of hydrogen-bond donors (Lipinski definition) is 1. The summed E-state index contributed by atoms with van der Waals surface area (Å²) in [5, 5.41) is 3.88. The Morgan fingerprint density at radius 1 is 1.36 bits per heavy atom. The molecule has 1 N–H and O–H groups in total. The normalized spacial score (nSPS) is 18.0. The van der Waals surface area contributed by atoms with Crippen LogP contribution < -0.4 is 5.56 Å². The lowest BCUT2D eigenvalue weighted by Gasteiger charge is -2.35. The van der Waals surface area contributed by atoms with Crippen LogP contribution in [0.15, 0.2) is 27.8 Å². The van der Waals surface area contributed by atoms with E-state index in [2.05, 4.69) is 15.1 Å².